The standard InChI is InChI=1S/C14H26N2/c1-3-4-5-8-12(2)16-14-10-7-6-9-13(14)11-15/h12-14,16H,3-10H2,1-2H3. The minimum Gasteiger partial charge on any atom is -0.310 e. The van der Waals surface area contributed by atoms with Crippen LogP contribution in [-0.2, 0) is 0 Å². The lowest BCUT2D eigenvalue weighted by molar-refractivity contribution is 0.284. The molecule has 1 aliphatic rings. The number of unbranched alkanes of at least 4 members (excludes halogenated alkanes) is 2. The minimum atomic E-state index is 0.252. The van der Waals surface area contributed by atoms with Gasteiger partial charge in [0.05, 0.1) is 12.0 Å². The van der Waals surface area contributed by atoms with E-state index in [4.69, 9.17) is 5.26 Å². The Kier molecular flexibility index (Phi) is 6.49. The highest BCUT2D eigenvalue weighted by Gasteiger charge is 2.25. The van der Waals surface area contributed by atoms with Crippen LogP contribution in [0.3, 0.4) is 0 Å². The Labute approximate surface area is 100 Å². The van der Waals surface area contributed by atoms with Crippen molar-refractivity contribution in [1.29, 1.82) is 5.26 Å². The van der Waals surface area contributed by atoms with Crippen molar-refractivity contribution in [2.45, 2.75) is 77.3 Å². The quantitative estimate of drug-likeness (QED) is 0.697. The first-order valence-corrected chi connectivity index (χ1v) is 6.93. The molecule has 1 rings (SSSR count). The summed E-state index contributed by atoms with van der Waals surface area (Å²) < 4.78 is 0. The average Bonchev–Trinajstić information content (AvgIpc) is 2.30. The maximum absolute atomic E-state index is 9.10. The first-order valence-electron chi connectivity index (χ1n) is 6.93. The van der Waals surface area contributed by atoms with E-state index in [1.165, 1.54) is 44.9 Å². The molecule has 1 N–H and O–H groups in total. The van der Waals surface area contributed by atoms with E-state index >= 15 is 0 Å². The molecule has 0 aromatic rings. The van der Waals surface area contributed by atoms with Crippen molar-refractivity contribution in [3.8, 4) is 6.07 Å². The van der Waals surface area contributed by atoms with Crippen molar-refractivity contribution in [3.05, 3.63) is 0 Å². The van der Waals surface area contributed by atoms with E-state index < -0.39 is 0 Å². The third kappa shape index (κ3) is 4.53. The van der Waals surface area contributed by atoms with Crippen LogP contribution in [-0.4, -0.2) is 12.1 Å². The Hall–Kier alpha value is -0.550. The Balaban J connectivity index is 2.25. The molecule has 0 heterocycles. The van der Waals surface area contributed by atoms with Gasteiger partial charge in [-0.1, -0.05) is 39.0 Å². The van der Waals surface area contributed by atoms with E-state index in [9.17, 15) is 0 Å². The molecule has 0 spiro atoms. The maximum atomic E-state index is 9.10. The van der Waals surface area contributed by atoms with Crippen LogP contribution < -0.4 is 5.32 Å². The van der Waals surface area contributed by atoms with Crippen molar-refractivity contribution in [2.75, 3.05) is 0 Å². The number of nitriles is 1. The van der Waals surface area contributed by atoms with Gasteiger partial charge in [0.2, 0.25) is 0 Å². The molecule has 0 aliphatic heterocycles. The smallest absolute Gasteiger partial charge is 0.0672 e. The first-order chi connectivity index (χ1) is 7.77. The molecule has 16 heavy (non-hydrogen) atoms. The van der Waals surface area contributed by atoms with Crippen LogP contribution in [0.15, 0.2) is 0 Å². The molecule has 0 amide bonds. The molecule has 1 saturated carbocycles. The van der Waals surface area contributed by atoms with Crippen LogP contribution in [0.5, 0.6) is 0 Å². The largest absolute Gasteiger partial charge is 0.310 e. The fourth-order valence-electron chi connectivity index (χ4n) is 2.63. The van der Waals surface area contributed by atoms with Crippen LogP contribution in [0.2, 0.25) is 0 Å². The van der Waals surface area contributed by atoms with Crippen LogP contribution >= 0.6 is 0 Å². The molecule has 2 nitrogen and oxygen atoms in total. The summed E-state index contributed by atoms with van der Waals surface area (Å²) in [5.74, 6) is 0.252. The van der Waals surface area contributed by atoms with Crippen molar-refractivity contribution in [1.82, 2.24) is 5.32 Å². The summed E-state index contributed by atoms with van der Waals surface area (Å²) >= 11 is 0. The summed E-state index contributed by atoms with van der Waals surface area (Å²) in [5.41, 5.74) is 0. The molecule has 1 fully saturated rings. The van der Waals surface area contributed by atoms with Gasteiger partial charge in [0.25, 0.3) is 0 Å². The molecule has 0 bridgehead atoms. The molecule has 0 radical (unpaired) electrons. The van der Waals surface area contributed by atoms with Crippen molar-refractivity contribution < 1.29 is 0 Å². The predicted octanol–water partition coefficient (Wildman–Crippen LogP) is 3.63. The summed E-state index contributed by atoms with van der Waals surface area (Å²) in [4.78, 5) is 0. The lowest BCUT2D eigenvalue weighted by atomic mass is 9.85. The van der Waals surface area contributed by atoms with Gasteiger partial charge >= 0.3 is 0 Å². The fraction of sp³-hybridized carbons (Fsp3) is 0.929. The Morgan fingerprint density at radius 3 is 2.75 bits per heavy atom. The summed E-state index contributed by atoms with van der Waals surface area (Å²) in [5, 5.41) is 12.8. The third-order valence-electron chi connectivity index (χ3n) is 3.67. The normalized spacial score (nSPS) is 27.3. The molecule has 0 aromatic heterocycles. The lowest BCUT2D eigenvalue weighted by Gasteiger charge is -2.30. The number of hydrogen-bond acceptors (Lipinski definition) is 2. The summed E-state index contributed by atoms with van der Waals surface area (Å²) in [6.07, 6.45) is 10.00. The number of nitrogens with one attached hydrogen (secondary N) is 1. The van der Waals surface area contributed by atoms with Gasteiger partial charge in [0.15, 0.2) is 0 Å². The molecule has 92 valence electrons. The van der Waals surface area contributed by atoms with Gasteiger partial charge < -0.3 is 5.32 Å². The molecular weight excluding hydrogens is 196 g/mol. The van der Waals surface area contributed by atoms with E-state index in [-0.39, 0.29) is 5.92 Å². The Morgan fingerprint density at radius 1 is 1.31 bits per heavy atom. The molecule has 1 aliphatic carbocycles. The average molecular weight is 222 g/mol. The second-order valence-corrected chi connectivity index (χ2v) is 5.19. The minimum absolute atomic E-state index is 0.252. The van der Waals surface area contributed by atoms with Crippen molar-refractivity contribution >= 4 is 0 Å². The summed E-state index contributed by atoms with van der Waals surface area (Å²) in [6.45, 7) is 4.50. The zero-order valence-electron chi connectivity index (χ0n) is 10.8. The van der Waals surface area contributed by atoms with Gasteiger partial charge in [0, 0.05) is 12.1 Å². The monoisotopic (exact) mass is 222 g/mol. The van der Waals surface area contributed by atoms with Crippen LogP contribution in [0.25, 0.3) is 0 Å². The molecule has 0 aromatic carbocycles. The number of hydrogen-bond donors (Lipinski definition) is 1. The van der Waals surface area contributed by atoms with E-state index in [1.807, 2.05) is 0 Å². The Bertz CT molecular complexity index is 219. The zero-order chi connectivity index (χ0) is 11.8. The predicted molar refractivity (Wildman–Crippen MR) is 68.1 cm³/mol. The molecule has 2 heteroatoms. The van der Waals surface area contributed by atoms with Gasteiger partial charge in [-0.3, -0.25) is 0 Å². The first kappa shape index (κ1) is 13.5. The second kappa shape index (κ2) is 7.68. The van der Waals surface area contributed by atoms with Gasteiger partial charge in [-0.2, -0.15) is 5.26 Å². The van der Waals surface area contributed by atoms with Crippen LogP contribution in [0.1, 0.15) is 65.2 Å². The fourth-order valence-corrected chi connectivity index (χ4v) is 2.63. The molecule has 3 unspecified atom stereocenters. The summed E-state index contributed by atoms with van der Waals surface area (Å²) in [7, 11) is 0. The van der Waals surface area contributed by atoms with Crippen LogP contribution in [0, 0.1) is 17.2 Å². The maximum Gasteiger partial charge on any atom is 0.0672 e. The second-order valence-electron chi connectivity index (χ2n) is 5.19. The lowest BCUT2D eigenvalue weighted by Crippen LogP contribution is -2.42. The van der Waals surface area contributed by atoms with Gasteiger partial charge in [-0.25, -0.2) is 0 Å². The highest BCUT2D eigenvalue weighted by atomic mass is 15.0. The van der Waals surface area contributed by atoms with Gasteiger partial charge in [0.1, 0.15) is 0 Å². The highest BCUT2D eigenvalue weighted by Crippen LogP contribution is 2.24. The van der Waals surface area contributed by atoms with Gasteiger partial charge in [-0.05, 0) is 26.2 Å². The molecule has 0 saturated heterocycles. The van der Waals surface area contributed by atoms with Gasteiger partial charge in [-0.15, -0.1) is 0 Å². The van der Waals surface area contributed by atoms with E-state index in [2.05, 4.69) is 25.2 Å². The zero-order valence-corrected chi connectivity index (χ0v) is 10.8. The SMILES string of the molecule is CCCCCC(C)NC1CCCCC1C#N. The molecule has 3 atom stereocenters. The Morgan fingerprint density at radius 2 is 2.06 bits per heavy atom. The van der Waals surface area contributed by atoms with E-state index in [0.717, 1.165) is 6.42 Å². The van der Waals surface area contributed by atoms with Crippen LogP contribution in [0.4, 0.5) is 0 Å². The molecular formula is C14H26N2. The van der Waals surface area contributed by atoms with E-state index in [1.54, 1.807) is 0 Å². The van der Waals surface area contributed by atoms with Crippen molar-refractivity contribution in [2.24, 2.45) is 5.92 Å². The van der Waals surface area contributed by atoms with E-state index in [0.29, 0.717) is 12.1 Å². The highest BCUT2D eigenvalue weighted by molar-refractivity contribution is 4.95. The number of nitrogens with zero attached hydrogens (tertiary/aromatic N) is 1. The summed E-state index contributed by atoms with van der Waals surface area (Å²) in [6, 6.07) is 3.49. The topological polar surface area (TPSA) is 35.8 Å². The van der Waals surface area contributed by atoms with Crippen molar-refractivity contribution in [3.63, 3.8) is 0 Å². The third-order valence-corrected chi connectivity index (χ3v) is 3.67. The number of rotatable bonds is 6.